The van der Waals surface area contributed by atoms with E-state index in [4.69, 9.17) is 19.3 Å². The maximum atomic E-state index is 12.4. The highest BCUT2D eigenvalue weighted by molar-refractivity contribution is 7.46. The van der Waals surface area contributed by atoms with Crippen molar-refractivity contribution in [1.29, 1.82) is 0 Å². The molecule has 0 aromatic carbocycles. The smallest absolute Gasteiger partial charge is 0.462 e. The molecular formula is C41H69O10P. The van der Waals surface area contributed by atoms with Gasteiger partial charge < -0.3 is 29.5 Å². The van der Waals surface area contributed by atoms with E-state index < -0.39 is 44.7 Å². The summed E-state index contributed by atoms with van der Waals surface area (Å²) in [7, 11) is -4.83. The lowest BCUT2D eigenvalue weighted by molar-refractivity contribution is -0.161. The van der Waals surface area contributed by atoms with Crippen molar-refractivity contribution in [3.8, 4) is 0 Å². The lowest BCUT2D eigenvalue weighted by Crippen LogP contribution is -2.29. The largest absolute Gasteiger partial charge is 0.469 e. The fourth-order valence-corrected chi connectivity index (χ4v) is 5.25. The third-order valence-corrected chi connectivity index (χ3v) is 8.37. The van der Waals surface area contributed by atoms with Crippen molar-refractivity contribution in [2.24, 2.45) is 0 Å². The van der Waals surface area contributed by atoms with Crippen molar-refractivity contribution in [3.63, 3.8) is 0 Å². The van der Waals surface area contributed by atoms with Crippen LogP contribution in [-0.2, 0) is 28.2 Å². The van der Waals surface area contributed by atoms with Crippen molar-refractivity contribution >= 4 is 19.8 Å². The van der Waals surface area contributed by atoms with E-state index >= 15 is 0 Å². The van der Waals surface area contributed by atoms with E-state index in [0.29, 0.717) is 19.3 Å². The van der Waals surface area contributed by atoms with Gasteiger partial charge in [0.2, 0.25) is 0 Å². The Labute approximate surface area is 314 Å². The van der Waals surface area contributed by atoms with Gasteiger partial charge in [-0.3, -0.25) is 14.1 Å². The highest BCUT2D eigenvalue weighted by Crippen LogP contribution is 2.36. The van der Waals surface area contributed by atoms with Crippen LogP contribution in [0.3, 0.4) is 0 Å². The molecule has 0 aliphatic heterocycles. The molecule has 298 valence electrons. The number of allylic oxidation sites excluding steroid dienone is 9. The van der Waals surface area contributed by atoms with Crippen molar-refractivity contribution < 1.29 is 48.2 Å². The molecule has 0 aliphatic carbocycles. The Bertz CT molecular complexity index is 1100. The molecule has 0 unspecified atom stereocenters. The van der Waals surface area contributed by atoms with Gasteiger partial charge in [-0.05, 0) is 70.6 Å². The first-order valence-electron chi connectivity index (χ1n) is 19.4. The summed E-state index contributed by atoms with van der Waals surface area (Å²) in [6.45, 7) is 3.36. The van der Waals surface area contributed by atoms with Gasteiger partial charge in [0.05, 0.1) is 18.8 Å². The van der Waals surface area contributed by atoms with E-state index in [9.17, 15) is 24.4 Å². The quantitative estimate of drug-likeness (QED) is 0.0164. The molecule has 0 saturated heterocycles. The lowest BCUT2D eigenvalue weighted by atomic mass is 10.1. The minimum atomic E-state index is -4.83. The predicted octanol–water partition coefficient (Wildman–Crippen LogP) is 9.45. The Kier molecular flexibility index (Phi) is 33.7. The third kappa shape index (κ3) is 37.2. The first kappa shape index (κ1) is 49.4. The zero-order valence-corrected chi connectivity index (χ0v) is 32.8. The number of hydrogen-bond donors (Lipinski definition) is 4. The molecule has 0 spiro atoms. The summed E-state index contributed by atoms with van der Waals surface area (Å²) >= 11 is 0. The van der Waals surface area contributed by atoms with Crippen LogP contribution >= 0.6 is 7.82 Å². The van der Waals surface area contributed by atoms with E-state index in [0.717, 1.165) is 57.8 Å². The Hall–Kier alpha value is -2.59. The fourth-order valence-electron chi connectivity index (χ4n) is 4.89. The number of rotatable bonds is 34. The summed E-state index contributed by atoms with van der Waals surface area (Å²) in [4.78, 5) is 42.7. The van der Waals surface area contributed by atoms with Crippen molar-refractivity contribution in [3.05, 3.63) is 72.9 Å². The highest BCUT2D eigenvalue weighted by atomic mass is 31.2. The summed E-state index contributed by atoms with van der Waals surface area (Å²) in [6.07, 6.45) is 38.2. The number of carbonyl (C=O) groups excluding carboxylic acids is 2. The van der Waals surface area contributed by atoms with Crippen LogP contribution in [0.5, 0.6) is 0 Å². The van der Waals surface area contributed by atoms with Gasteiger partial charge in [0.25, 0.3) is 0 Å². The van der Waals surface area contributed by atoms with E-state index in [1.807, 2.05) is 6.08 Å². The van der Waals surface area contributed by atoms with Gasteiger partial charge in [0.1, 0.15) is 6.61 Å². The second kappa shape index (κ2) is 35.4. The van der Waals surface area contributed by atoms with Gasteiger partial charge in [0.15, 0.2) is 6.10 Å². The molecule has 0 amide bonds. The lowest BCUT2D eigenvalue weighted by Gasteiger charge is -2.18. The normalized spacial score (nSPS) is 14.5. The number of ether oxygens (including phenoxy) is 2. The summed E-state index contributed by atoms with van der Waals surface area (Å²) in [6, 6.07) is 0. The molecule has 0 fully saturated rings. The maximum absolute atomic E-state index is 12.4. The Morgan fingerprint density at radius 3 is 1.77 bits per heavy atom. The molecular weight excluding hydrogens is 683 g/mol. The fraction of sp³-hybridized carbons (Fsp3) is 0.659. The molecule has 0 aromatic heterocycles. The molecule has 11 heteroatoms. The average Bonchev–Trinajstić information content (AvgIpc) is 3.10. The third-order valence-electron chi connectivity index (χ3n) is 7.89. The SMILES string of the molecule is CCCCC/C=C\C/C=C\CCCCCCCC(=O)OC[C@H](COP(=O)(O)O)OC(=O)CCC[C@@H](O)\C=C/C=C/C=C/[C@@H](O)C/C=C\CCCCC. The van der Waals surface area contributed by atoms with Crippen LogP contribution in [-0.4, -0.2) is 63.5 Å². The van der Waals surface area contributed by atoms with Crippen LogP contribution in [0.2, 0.25) is 0 Å². The zero-order valence-electron chi connectivity index (χ0n) is 31.9. The number of unbranched alkanes of at least 4 members (excludes halogenated alkanes) is 11. The topological polar surface area (TPSA) is 160 Å². The van der Waals surface area contributed by atoms with Crippen molar-refractivity contribution in [2.45, 2.75) is 161 Å². The molecule has 52 heavy (non-hydrogen) atoms. The molecule has 0 bridgehead atoms. The minimum Gasteiger partial charge on any atom is -0.462 e. The molecule has 3 atom stereocenters. The Morgan fingerprint density at radius 1 is 0.615 bits per heavy atom. The van der Waals surface area contributed by atoms with Crippen LogP contribution in [0.4, 0.5) is 0 Å². The van der Waals surface area contributed by atoms with Crippen LogP contribution in [0, 0.1) is 0 Å². The minimum absolute atomic E-state index is 0.0548. The van der Waals surface area contributed by atoms with Gasteiger partial charge in [-0.25, -0.2) is 4.57 Å². The maximum Gasteiger partial charge on any atom is 0.469 e. The Balaban J connectivity index is 4.28. The number of esters is 2. The van der Waals surface area contributed by atoms with Crippen LogP contribution < -0.4 is 0 Å². The summed E-state index contributed by atoms with van der Waals surface area (Å²) in [5.74, 6) is -1.15. The van der Waals surface area contributed by atoms with Crippen LogP contribution in [0.15, 0.2) is 72.9 Å². The average molecular weight is 753 g/mol. The van der Waals surface area contributed by atoms with Crippen molar-refractivity contribution in [1.82, 2.24) is 0 Å². The number of phosphoric acid groups is 1. The standard InChI is InChI=1S/C41H69O10P/c1-3-5-7-9-11-12-13-14-15-16-17-18-19-21-27-33-40(44)49-35-39(36-50-52(46,47)48)51-41(45)34-28-32-38(43)31-26-23-22-25-30-37(42)29-24-20-10-8-6-4-2/h11-12,14-15,20,22-26,30-31,37-39,42-43H,3-10,13,16-19,21,27-29,32-36H2,1-2H3,(H2,46,47,48)/b12-11-,15-14-,23-22+,24-20-,30-25+,31-26-/t37-,38-,39+/m0/s1. The molecule has 0 saturated carbocycles. The van der Waals surface area contributed by atoms with Crippen LogP contribution in [0.1, 0.15) is 142 Å². The number of carbonyl (C=O) groups is 2. The van der Waals surface area contributed by atoms with E-state index in [1.165, 1.54) is 32.1 Å². The molecule has 0 aliphatic rings. The Morgan fingerprint density at radius 2 is 1.15 bits per heavy atom. The molecule has 0 aromatic rings. The second-order valence-electron chi connectivity index (χ2n) is 12.9. The number of phosphoric ester groups is 1. The van der Waals surface area contributed by atoms with Crippen LogP contribution in [0.25, 0.3) is 0 Å². The highest BCUT2D eigenvalue weighted by Gasteiger charge is 2.23. The monoisotopic (exact) mass is 752 g/mol. The molecule has 10 nitrogen and oxygen atoms in total. The van der Waals surface area contributed by atoms with E-state index in [1.54, 1.807) is 36.5 Å². The second-order valence-corrected chi connectivity index (χ2v) is 14.2. The van der Waals surface area contributed by atoms with Crippen molar-refractivity contribution in [2.75, 3.05) is 13.2 Å². The summed E-state index contributed by atoms with van der Waals surface area (Å²) < 4.78 is 26.1. The van der Waals surface area contributed by atoms with E-state index in [2.05, 4.69) is 48.8 Å². The molecule has 0 heterocycles. The summed E-state index contributed by atoms with van der Waals surface area (Å²) in [5, 5.41) is 20.2. The first-order valence-corrected chi connectivity index (χ1v) is 21.0. The molecule has 4 N–H and O–H groups in total. The molecule has 0 rings (SSSR count). The number of hydrogen-bond acceptors (Lipinski definition) is 8. The van der Waals surface area contributed by atoms with Gasteiger partial charge in [0, 0.05) is 12.8 Å². The predicted molar refractivity (Wildman–Crippen MR) is 209 cm³/mol. The van der Waals surface area contributed by atoms with Gasteiger partial charge in [-0.1, -0.05) is 132 Å². The number of aliphatic hydroxyl groups excluding tert-OH is 2. The van der Waals surface area contributed by atoms with Gasteiger partial charge in [-0.2, -0.15) is 0 Å². The first-order chi connectivity index (χ1) is 25.1. The molecule has 0 radical (unpaired) electrons. The summed E-state index contributed by atoms with van der Waals surface area (Å²) in [5.41, 5.74) is 0. The van der Waals surface area contributed by atoms with E-state index in [-0.39, 0.29) is 25.9 Å². The van der Waals surface area contributed by atoms with Gasteiger partial charge >= 0.3 is 19.8 Å². The van der Waals surface area contributed by atoms with Gasteiger partial charge in [-0.15, -0.1) is 0 Å². The zero-order chi connectivity index (χ0) is 38.5. The number of aliphatic hydroxyl groups is 2.